The average molecular weight is 314 g/mol. The Morgan fingerprint density at radius 1 is 1.39 bits per heavy atom. The van der Waals surface area contributed by atoms with Crippen LogP contribution < -0.4 is 0 Å². The topological polar surface area (TPSA) is 20.3 Å². The Morgan fingerprint density at radius 3 is 2.94 bits per heavy atom. The van der Waals surface area contributed by atoms with E-state index in [9.17, 15) is 9.18 Å². The van der Waals surface area contributed by atoms with Crippen molar-refractivity contribution in [2.75, 3.05) is 13.1 Å². The highest BCUT2D eigenvalue weighted by molar-refractivity contribution is 9.10. The molecule has 1 atom stereocenters. The van der Waals surface area contributed by atoms with E-state index in [1.165, 1.54) is 12.1 Å². The third-order valence-corrected chi connectivity index (χ3v) is 4.15. The fraction of sp³-hybridized carbons (Fsp3) is 0.500. The molecular formula is C14H17BrFNO. The molecule has 18 heavy (non-hydrogen) atoms. The van der Waals surface area contributed by atoms with Gasteiger partial charge in [0, 0.05) is 17.6 Å². The Bertz CT molecular complexity index is 449. The molecule has 1 amide bonds. The number of carbonyl (C=O) groups is 1. The van der Waals surface area contributed by atoms with Crippen LogP contribution in [0.4, 0.5) is 4.39 Å². The molecule has 4 heteroatoms. The van der Waals surface area contributed by atoms with Gasteiger partial charge in [0.05, 0.1) is 5.56 Å². The van der Waals surface area contributed by atoms with Gasteiger partial charge >= 0.3 is 0 Å². The van der Waals surface area contributed by atoms with Crippen LogP contribution in [0.5, 0.6) is 0 Å². The molecule has 0 spiro atoms. The molecule has 1 heterocycles. The number of likely N-dealkylation sites (tertiary alicyclic amines) is 1. The lowest BCUT2D eigenvalue weighted by Gasteiger charge is -2.21. The molecule has 2 nitrogen and oxygen atoms in total. The standard InChI is InChI=1S/C14H17BrFNO/c1-10-3-2-7-17(8-6-10)14(18)12-9-11(16)4-5-13(12)15/h4-5,9-10H,2-3,6-8H2,1H3. The lowest BCUT2D eigenvalue weighted by molar-refractivity contribution is 0.0759. The molecule has 1 aliphatic rings. The van der Waals surface area contributed by atoms with Gasteiger partial charge in [-0.15, -0.1) is 0 Å². The minimum atomic E-state index is -0.371. The molecule has 0 saturated carbocycles. The fourth-order valence-electron chi connectivity index (χ4n) is 2.30. The minimum absolute atomic E-state index is 0.0736. The van der Waals surface area contributed by atoms with E-state index in [-0.39, 0.29) is 11.7 Å². The molecule has 1 fully saturated rings. The normalized spacial score (nSPS) is 20.6. The highest BCUT2D eigenvalue weighted by atomic mass is 79.9. The molecule has 1 aromatic rings. The molecule has 0 aliphatic carbocycles. The van der Waals surface area contributed by atoms with E-state index in [4.69, 9.17) is 0 Å². The number of nitrogens with zero attached hydrogens (tertiary/aromatic N) is 1. The Labute approximate surface area is 115 Å². The molecule has 1 unspecified atom stereocenters. The first-order valence-corrected chi connectivity index (χ1v) is 7.11. The van der Waals surface area contributed by atoms with Crippen LogP contribution in [0.3, 0.4) is 0 Å². The second-order valence-corrected chi connectivity index (χ2v) is 5.81. The number of carbonyl (C=O) groups excluding carboxylic acids is 1. The first kappa shape index (κ1) is 13.5. The van der Waals surface area contributed by atoms with Crippen LogP contribution in [0.1, 0.15) is 36.5 Å². The second kappa shape index (κ2) is 5.83. The summed E-state index contributed by atoms with van der Waals surface area (Å²) in [6.07, 6.45) is 3.21. The maximum absolute atomic E-state index is 13.2. The summed E-state index contributed by atoms with van der Waals surface area (Å²) >= 11 is 3.31. The summed E-state index contributed by atoms with van der Waals surface area (Å²) in [5, 5.41) is 0. The minimum Gasteiger partial charge on any atom is -0.339 e. The molecule has 1 aromatic carbocycles. The van der Waals surface area contributed by atoms with Gasteiger partial charge in [-0.05, 0) is 59.3 Å². The van der Waals surface area contributed by atoms with Crippen molar-refractivity contribution in [1.29, 1.82) is 0 Å². The summed E-state index contributed by atoms with van der Waals surface area (Å²) in [7, 11) is 0. The Morgan fingerprint density at radius 2 is 2.17 bits per heavy atom. The molecular weight excluding hydrogens is 297 g/mol. The van der Waals surface area contributed by atoms with Crippen molar-refractivity contribution in [3.05, 3.63) is 34.1 Å². The number of halogens is 2. The van der Waals surface area contributed by atoms with Crippen molar-refractivity contribution >= 4 is 21.8 Å². The van der Waals surface area contributed by atoms with E-state index in [1.807, 2.05) is 4.90 Å². The molecule has 0 bridgehead atoms. The van der Waals surface area contributed by atoms with E-state index in [0.29, 0.717) is 16.0 Å². The molecule has 0 radical (unpaired) electrons. The average Bonchev–Trinajstić information content (AvgIpc) is 2.56. The smallest absolute Gasteiger partial charge is 0.255 e. The number of hydrogen-bond acceptors (Lipinski definition) is 1. The SMILES string of the molecule is CC1CCCN(C(=O)c2cc(F)ccc2Br)CC1. The van der Waals surface area contributed by atoms with Crippen LogP contribution in [0.25, 0.3) is 0 Å². The van der Waals surface area contributed by atoms with Crippen LogP contribution in [0, 0.1) is 11.7 Å². The zero-order chi connectivity index (χ0) is 13.1. The van der Waals surface area contributed by atoms with Gasteiger partial charge in [-0.25, -0.2) is 4.39 Å². The van der Waals surface area contributed by atoms with Gasteiger partial charge in [-0.1, -0.05) is 6.92 Å². The number of rotatable bonds is 1. The van der Waals surface area contributed by atoms with Crippen molar-refractivity contribution in [1.82, 2.24) is 4.90 Å². The lowest BCUT2D eigenvalue weighted by Crippen LogP contribution is -2.32. The number of benzene rings is 1. The highest BCUT2D eigenvalue weighted by Gasteiger charge is 2.21. The third kappa shape index (κ3) is 3.10. The monoisotopic (exact) mass is 313 g/mol. The Balaban J connectivity index is 2.17. The van der Waals surface area contributed by atoms with E-state index in [1.54, 1.807) is 6.07 Å². The van der Waals surface area contributed by atoms with Crippen molar-refractivity contribution in [2.45, 2.75) is 26.2 Å². The second-order valence-electron chi connectivity index (χ2n) is 4.95. The van der Waals surface area contributed by atoms with E-state index in [2.05, 4.69) is 22.9 Å². The molecule has 1 saturated heterocycles. The summed E-state index contributed by atoms with van der Waals surface area (Å²) in [6.45, 7) is 3.75. The van der Waals surface area contributed by atoms with Gasteiger partial charge in [-0.3, -0.25) is 4.79 Å². The van der Waals surface area contributed by atoms with Gasteiger partial charge in [0.15, 0.2) is 0 Å². The molecule has 98 valence electrons. The summed E-state index contributed by atoms with van der Waals surface area (Å²) in [5.41, 5.74) is 0.421. The molecule has 2 rings (SSSR count). The van der Waals surface area contributed by atoms with Gasteiger partial charge in [0.25, 0.3) is 5.91 Å². The van der Waals surface area contributed by atoms with Crippen molar-refractivity contribution in [3.63, 3.8) is 0 Å². The van der Waals surface area contributed by atoms with Crippen LogP contribution in [-0.4, -0.2) is 23.9 Å². The zero-order valence-electron chi connectivity index (χ0n) is 10.5. The van der Waals surface area contributed by atoms with E-state index in [0.717, 1.165) is 32.4 Å². The van der Waals surface area contributed by atoms with Crippen LogP contribution >= 0.6 is 15.9 Å². The fourth-order valence-corrected chi connectivity index (χ4v) is 2.71. The van der Waals surface area contributed by atoms with Crippen molar-refractivity contribution < 1.29 is 9.18 Å². The Hall–Kier alpha value is -0.900. The van der Waals surface area contributed by atoms with Crippen molar-refractivity contribution in [3.8, 4) is 0 Å². The summed E-state index contributed by atoms with van der Waals surface area (Å²) < 4.78 is 13.9. The largest absolute Gasteiger partial charge is 0.339 e. The first-order chi connectivity index (χ1) is 8.58. The summed E-state index contributed by atoms with van der Waals surface area (Å²) in [5.74, 6) is 0.221. The van der Waals surface area contributed by atoms with E-state index >= 15 is 0 Å². The van der Waals surface area contributed by atoms with Crippen LogP contribution in [0.15, 0.2) is 22.7 Å². The molecule has 1 aliphatic heterocycles. The highest BCUT2D eigenvalue weighted by Crippen LogP contribution is 2.22. The quantitative estimate of drug-likeness (QED) is 0.771. The molecule has 0 N–H and O–H groups in total. The zero-order valence-corrected chi connectivity index (χ0v) is 12.0. The van der Waals surface area contributed by atoms with Gasteiger partial charge < -0.3 is 4.90 Å². The summed E-state index contributed by atoms with van der Waals surface area (Å²) in [6, 6.07) is 4.25. The predicted molar refractivity (Wildman–Crippen MR) is 73.0 cm³/mol. The third-order valence-electron chi connectivity index (χ3n) is 3.46. The van der Waals surface area contributed by atoms with Crippen LogP contribution in [-0.2, 0) is 0 Å². The van der Waals surface area contributed by atoms with E-state index < -0.39 is 0 Å². The first-order valence-electron chi connectivity index (χ1n) is 6.32. The maximum Gasteiger partial charge on any atom is 0.255 e. The number of amides is 1. The van der Waals surface area contributed by atoms with Gasteiger partial charge in [0.1, 0.15) is 5.82 Å². The predicted octanol–water partition coefficient (Wildman–Crippen LogP) is 3.85. The van der Waals surface area contributed by atoms with Crippen molar-refractivity contribution in [2.24, 2.45) is 5.92 Å². The number of hydrogen-bond donors (Lipinski definition) is 0. The lowest BCUT2D eigenvalue weighted by atomic mass is 10.0. The summed E-state index contributed by atoms with van der Waals surface area (Å²) in [4.78, 5) is 14.2. The maximum atomic E-state index is 13.2. The van der Waals surface area contributed by atoms with Crippen LogP contribution in [0.2, 0.25) is 0 Å². The van der Waals surface area contributed by atoms with Gasteiger partial charge in [-0.2, -0.15) is 0 Å². The van der Waals surface area contributed by atoms with Gasteiger partial charge in [0.2, 0.25) is 0 Å². The Kier molecular flexibility index (Phi) is 4.38. The molecule has 0 aromatic heterocycles.